The van der Waals surface area contributed by atoms with Gasteiger partial charge in [0.1, 0.15) is 0 Å². The number of amides is 1. The summed E-state index contributed by atoms with van der Waals surface area (Å²) >= 11 is 11.5. The molecule has 0 spiro atoms. The van der Waals surface area contributed by atoms with Gasteiger partial charge in [-0.1, -0.05) is 48.0 Å². The lowest BCUT2D eigenvalue weighted by Gasteiger charge is -2.32. The van der Waals surface area contributed by atoms with Gasteiger partial charge in [0, 0.05) is 23.7 Å². The first-order valence-electron chi connectivity index (χ1n) is 11.4. The number of piperidine rings is 1. The highest BCUT2D eigenvalue weighted by atomic mass is 35.5. The van der Waals surface area contributed by atoms with Gasteiger partial charge in [0.25, 0.3) is 11.5 Å². The molecule has 1 N–H and O–H groups in total. The van der Waals surface area contributed by atoms with Crippen molar-refractivity contribution in [2.45, 2.75) is 19.3 Å². The van der Waals surface area contributed by atoms with Crippen LogP contribution in [0.15, 0.2) is 77.6 Å². The third kappa shape index (κ3) is 4.56. The summed E-state index contributed by atoms with van der Waals surface area (Å²) in [6.07, 6.45) is 3.02. The third-order valence-electron chi connectivity index (χ3n) is 6.48. The first kappa shape index (κ1) is 22.6. The highest BCUT2D eigenvalue weighted by Gasteiger charge is 2.24. The van der Waals surface area contributed by atoms with E-state index in [0.29, 0.717) is 33.1 Å². The number of H-pyrrole nitrogens is 1. The largest absolute Gasteiger partial charge is 0.339 e. The van der Waals surface area contributed by atoms with Crippen molar-refractivity contribution in [3.63, 3.8) is 0 Å². The summed E-state index contributed by atoms with van der Waals surface area (Å²) in [6, 6.07) is 22.7. The molecular weight excluding hydrogens is 466 g/mol. The topological polar surface area (TPSA) is 58.1 Å². The average Bonchev–Trinajstić information content (AvgIpc) is 2.85. The third-order valence-corrected chi connectivity index (χ3v) is 7.00. The van der Waals surface area contributed by atoms with Gasteiger partial charge in [-0.15, -0.1) is 0 Å². The van der Waals surface area contributed by atoms with Crippen molar-refractivity contribution < 1.29 is 4.79 Å². The van der Waals surface area contributed by atoms with Crippen LogP contribution in [-0.4, -0.2) is 33.4 Å². The van der Waals surface area contributed by atoms with Crippen molar-refractivity contribution in [3.05, 3.63) is 104 Å². The molecule has 5 nitrogen and oxygen atoms in total. The van der Waals surface area contributed by atoms with Gasteiger partial charge in [-0.25, -0.2) is 0 Å². The number of fused-ring (bicyclic) bond motifs is 1. The Morgan fingerprint density at radius 3 is 2.53 bits per heavy atom. The number of hydrogen-bond acceptors (Lipinski definition) is 3. The van der Waals surface area contributed by atoms with E-state index in [4.69, 9.17) is 23.8 Å². The minimum Gasteiger partial charge on any atom is -0.339 e. The number of likely N-dealkylation sites (tertiary alicyclic amines) is 1. The zero-order chi connectivity index (χ0) is 23.7. The molecule has 34 heavy (non-hydrogen) atoms. The lowest BCUT2D eigenvalue weighted by Crippen LogP contribution is -2.39. The van der Waals surface area contributed by atoms with Gasteiger partial charge in [-0.2, -0.15) is 0 Å². The number of halogens is 1. The van der Waals surface area contributed by atoms with Crippen molar-refractivity contribution >= 4 is 40.6 Å². The molecule has 0 bridgehead atoms. The van der Waals surface area contributed by atoms with Crippen LogP contribution < -0.4 is 5.56 Å². The van der Waals surface area contributed by atoms with Crippen LogP contribution in [-0.2, 0) is 6.42 Å². The standard InChI is InChI=1S/C27H24ClN3O2S/c28-21-9-10-23-24(17-21)29-27(34)31(26(23)33)22-8-4-7-20(16-22)25(32)30-13-11-19(12-14-30)15-18-5-2-1-3-6-18/h1-10,16-17,19H,11-15H2,(H,29,34). The summed E-state index contributed by atoms with van der Waals surface area (Å²) < 4.78 is 1.68. The molecular formula is C27H24ClN3O2S. The second kappa shape index (κ2) is 9.57. The van der Waals surface area contributed by atoms with Crippen LogP contribution in [0.25, 0.3) is 16.6 Å². The number of carbonyl (C=O) groups excluding carboxylic acids is 1. The highest BCUT2D eigenvalue weighted by Crippen LogP contribution is 2.23. The number of nitrogens with one attached hydrogen (secondary N) is 1. The molecule has 1 fully saturated rings. The van der Waals surface area contributed by atoms with E-state index in [-0.39, 0.29) is 16.2 Å². The van der Waals surface area contributed by atoms with Crippen LogP contribution in [0.3, 0.4) is 0 Å². The highest BCUT2D eigenvalue weighted by molar-refractivity contribution is 7.71. The Bertz CT molecular complexity index is 1470. The maximum absolute atomic E-state index is 13.3. The van der Waals surface area contributed by atoms with E-state index in [2.05, 4.69) is 29.2 Å². The molecule has 2 heterocycles. The Morgan fingerprint density at radius 2 is 1.76 bits per heavy atom. The molecule has 172 valence electrons. The van der Waals surface area contributed by atoms with E-state index in [0.717, 1.165) is 32.4 Å². The van der Waals surface area contributed by atoms with Gasteiger partial charge >= 0.3 is 0 Å². The first-order valence-corrected chi connectivity index (χ1v) is 12.2. The van der Waals surface area contributed by atoms with Gasteiger partial charge in [-0.05, 0) is 79.4 Å². The average molecular weight is 490 g/mol. The second-order valence-corrected chi connectivity index (χ2v) is 9.56. The molecule has 0 atom stereocenters. The number of hydrogen-bond donors (Lipinski definition) is 1. The normalized spacial score (nSPS) is 14.4. The molecule has 4 aromatic rings. The van der Waals surface area contributed by atoms with Crippen LogP contribution in [0, 0.1) is 10.7 Å². The molecule has 7 heteroatoms. The quantitative estimate of drug-likeness (QED) is 0.369. The fourth-order valence-corrected chi connectivity index (χ4v) is 5.14. The second-order valence-electron chi connectivity index (χ2n) is 8.74. The Morgan fingerprint density at radius 1 is 1.00 bits per heavy atom. The summed E-state index contributed by atoms with van der Waals surface area (Å²) in [5.41, 5.74) is 2.80. The Hall–Kier alpha value is -3.22. The fourth-order valence-electron chi connectivity index (χ4n) is 4.67. The first-order chi connectivity index (χ1) is 16.5. The molecule has 5 rings (SSSR count). The molecule has 0 radical (unpaired) electrons. The Balaban J connectivity index is 1.36. The van der Waals surface area contributed by atoms with Gasteiger partial charge in [0.15, 0.2) is 4.77 Å². The van der Waals surface area contributed by atoms with E-state index in [1.165, 1.54) is 10.1 Å². The van der Waals surface area contributed by atoms with E-state index < -0.39 is 0 Å². The summed E-state index contributed by atoms with van der Waals surface area (Å²) in [5, 5.41) is 1.01. The zero-order valence-corrected chi connectivity index (χ0v) is 20.1. The Kier molecular flexibility index (Phi) is 6.35. The van der Waals surface area contributed by atoms with E-state index in [9.17, 15) is 9.59 Å². The van der Waals surface area contributed by atoms with Crippen molar-refractivity contribution in [1.82, 2.24) is 14.5 Å². The molecule has 0 unspecified atom stereocenters. The molecule has 0 saturated carbocycles. The van der Waals surface area contributed by atoms with Gasteiger partial charge < -0.3 is 9.88 Å². The van der Waals surface area contributed by atoms with Gasteiger partial charge in [0.2, 0.25) is 0 Å². The van der Waals surface area contributed by atoms with Gasteiger partial charge in [0.05, 0.1) is 16.6 Å². The summed E-state index contributed by atoms with van der Waals surface area (Å²) in [5.74, 6) is 0.566. The van der Waals surface area contributed by atoms with Crippen molar-refractivity contribution in [2.75, 3.05) is 13.1 Å². The predicted molar refractivity (Wildman–Crippen MR) is 139 cm³/mol. The molecule has 1 saturated heterocycles. The van der Waals surface area contributed by atoms with Crippen molar-refractivity contribution in [1.29, 1.82) is 0 Å². The number of aromatic amines is 1. The lowest BCUT2D eigenvalue weighted by atomic mass is 9.90. The van der Waals surface area contributed by atoms with Crippen LogP contribution in [0.4, 0.5) is 0 Å². The zero-order valence-electron chi connectivity index (χ0n) is 18.5. The Labute approximate surface area is 207 Å². The van der Waals surface area contributed by atoms with Crippen molar-refractivity contribution in [2.24, 2.45) is 5.92 Å². The summed E-state index contributed by atoms with van der Waals surface area (Å²) in [7, 11) is 0. The SMILES string of the molecule is O=C(c1cccc(-n2c(=S)[nH]c3cc(Cl)ccc3c2=O)c1)N1CCC(Cc2ccccc2)CC1. The number of carbonyl (C=O) groups is 1. The minimum absolute atomic E-state index is 0.0180. The van der Waals surface area contributed by atoms with E-state index >= 15 is 0 Å². The minimum atomic E-state index is -0.248. The molecule has 3 aromatic carbocycles. The van der Waals surface area contributed by atoms with E-state index in [1.54, 1.807) is 42.5 Å². The number of aromatic nitrogens is 2. The summed E-state index contributed by atoms with van der Waals surface area (Å²) in [6.45, 7) is 1.47. The number of nitrogens with zero attached hydrogens (tertiary/aromatic N) is 2. The smallest absolute Gasteiger partial charge is 0.266 e. The van der Waals surface area contributed by atoms with E-state index in [1.807, 2.05) is 11.0 Å². The van der Waals surface area contributed by atoms with Crippen LogP contribution in [0.1, 0.15) is 28.8 Å². The number of rotatable bonds is 4. The maximum atomic E-state index is 13.3. The van der Waals surface area contributed by atoms with Gasteiger partial charge in [-0.3, -0.25) is 14.2 Å². The predicted octanol–water partition coefficient (Wildman–Crippen LogP) is 5.80. The molecule has 1 aliphatic heterocycles. The molecule has 0 aliphatic carbocycles. The number of benzene rings is 3. The maximum Gasteiger partial charge on any atom is 0.266 e. The van der Waals surface area contributed by atoms with Crippen LogP contribution >= 0.6 is 23.8 Å². The van der Waals surface area contributed by atoms with Crippen LogP contribution in [0.5, 0.6) is 0 Å². The lowest BCUT2D eigenvalue weighted by molar-refractivity contribution is 0.0690. The fraction of sp³-hybridized carbons (Fsp3) is 0.222. The molecule has 1 amide bonds. The molecule has 1 aliphatic rings. The van der Waals surface area contributed by atoms with Crippen LogP contribution in [0.2, 0.25) is 5.02 Å². The summed E-state index contributed by atoms with van der Waals surface area (Å²) in [4.78, 5) is 31.4. The monoisotopic (exact) mass is 489 g/mol. The van der Waals surface area contributed by atoms with Crippen molar-refractivity contribution in [3.8, 4) is 5.69 Å². The molecule has 1 aromatic heterocycles.